The topological polar surface area (TPSA) is 52.5 Å². The van der Waals surface area contributed by atoms with Gasteiger partial charge in [-0.05, 0) is 43.0 Å². The van der Waals surface area contributed by atoms with Crippen LogP contribution in [0.1, 0.15) is 18.4 Å². The smallest absolute Gasteiger partial charge is 0.157 e. The van der Waals surface area contributed by atoms with Crippen molar-refractivity contribution in [3.63, 3.8) is 0 Å². The minimum Gasteiger partial charge on any atom is -0.504 e. The summed E-state index contributed by atoms with van der Waals surface area (Å²) in [6.07, 6.45) is 2.68. The van der Waals surface area contributed by atoms with Crippen LogP contribution in [0.4, 0.5) is 0 Å². The summed E-state index contributed by atoms with van der Waals surface area (Å²) >= 11 is 0. The molecule has 0 aromatic heterocycles. The van der Waals surface area contributed by atoms with Gasteiger partial charge in [0, 0.05) is 6.54 Å². The van der Waals surface area contributed by atoms with Crippen LogP contribution in [0.3, 0.4) is 0 Å². The van der Waals surface area contributed by atoms with Gasteiger partial charge in [0.2, 0.25) is 0 Å². The highest BCUT2D eigenvalue weighted by atomic mass is 16.3. The highest BCUT2D eigenvalue weighted by Crippen LogP contribution is 2.28. The Bertz CT molecular complexity index is 321. The highest BCUT2D eigenvalue weighted by Gasteiger charge is 2.20. The van der Waals surface area contributed by atoms with Crippen molar-refractivity contribution in [2.75, 3.05) is 6.54 Å². The van der Waals surface area contributed by atoms with Crippen molar-refractivity contribution in [2.24, 2.45) is 5.92 Å². The maximum Gasteiger partial charge on any atom is 0.157 e. The zero-order valence-corrected chi connectivity index (χ0v) is 8.03. The van der Waals surface area contributed by atoms with Gasteiger partial charge in [0.1, 0.15) is 0 Å². The molecule has 0 saturated heterocycles. The molecule has 0 atom stereocenters. The van der Waals surface area contributed by atoms with Gasteiger partial charge >= 0.3 is 0 Å². The Morgan fingerprint density at radius 2 is 2.00 bits per heavy atom. The van der Waals surface area contributed by atoms with E-state index >= 15 is 0 Å². The highest BCUT2D eigenvalue weighted by molar-refractivity contribution is 5.40. The quantitative estimate of drug-likeness (QED) is 0.636. The summed E-state index contributed by atoms with van der Waals surface area (Å²) in [4.78, 5) is 0. The second-order valence-electron chi connectivity index (χ2n) is 3.90. The third-order valence-corrected chi connectivity index (χ3v) is 2.50. The maximum atomic E-state index is 9.24. The van der Waals surface area contributed by atoms with E-state index in [1.807, 2.05) is 6.07 Å². The normalized spacial score (nSPS) is 15.7. The molecule has 0 unspecified atom stereocenters. The zero-order valence-electron chi connectivity index (χ0n) is 8.03. The Morgan fingerprint density at radius 1 is 1.21 bits per heavy atom. The number of benzene rings is 1. The lowest BCUT2D eigenvalue weighted by atomic mass is 10.2. The fourth-order valence-corrected chi connectivity index (χ4v) is 1.42. The number of hydrogen-bond donors (Lipinski definition) is 3. The van der Waals surface area contributed by atoms with Crippen LogP contribution in [0.15, 0.2) is 18.2 Å². The number of phenols is 2. The molecule has 0 spiro atoms. The first kappa shape index (κ1) is 9.34. The van der Waals surface area contributed by atoms with Crippen molar-refractivity contribution in [3.05, 3.63) is 23.8 Å². The minimum absolute atomic E-state index is 0.0456. The summed E-state index contributed by atoms with van der Waals surface area (Å²) in [6, 6.07) is 4.92. The van der Waals surface area contributed by atoms with Crippen molar-refractivity contribution >= 4 is 0 Å². The minimum atomic E-state index is -0.0593. The fourth-order valence-electron chi connectivity index (χ4n) is 1.42. The van der Waals surface area contributed by atoms with Crippen LogP contribution in [0.25, 0.3) is 0 Å². The SMILES string of the molecule is Oc1ccc(CNCC2CC2)cc1O. The van der Waals surface area contributed by atoms with E-state index in [4.69, 9.17) is 5.11 Å². The monoisotopic (exact) mass is 193 g/mol. The number of phenolic OH excluding ortho intramolecular Hbond substituents is 2. The molecule has 0 radical (unpaired) electrons. The molecule has 1 fully saturated rings. The molecule has 1 aliphatic rings. The molecule has 1 aromatic rings. The van der Waals surface area contributed by atoms with Gasteiger partial charge in [0.15, 0.2) is 11.5 Å². The van der Waals surface area contributed by atoms with Crippen LogP contribution >= 0.6 is 0 Å². The largest absolute Gasteiger partial charge is 0.504 e. The van der Waals surface area contributed by atoms with E-state index in [-0.39, 0.29) is 11.5 Å². The Labute approximate surface area is 83.4 Å². The van der Waals surface area contributed by atoms with Gasteiger partial charge in [-0.25, -0.2) is 0 Å². The zero-order chi connectivity index (χ0) is 9.97. The van der Waals surface area contributed by atoms with E-state index in [0.29, 0.717) is 0 Å². The number of hydrogen-bond acceptors (Lipinski definition) is 3. The standard InChI is InChI=1S/C11H15NO2/c13-10-4-3-9(5-11(10)14)7-12-6-8-1-2-8/h3-5,8,12-14H,1-2,6-7H2. The van der Waals surface area contributed by atoms with E-state index in [9.17, 15) is 5.11 Å². The van der Waals surface area contributed by atoms with E-state index < -0.39 is 0 Å². The second-order valence-corrected chi connectivity index (χ2v) is 3.90. The Balaban J connectivity index is 1.85. The molecule has 3 nitrogen and oxygen atoms in total. The van der Waals surface area contributed by atoms with Crippen LogP contribution in [-0.4, -0.2) is 16.8 Å². The molecule has 2 rings (SSSR count). The van der Waals surface area contributed by atoms with Crippen LogP contribution in [0.5, 0.6) is 11.5 Å². The fraction of sp³-hybridized carbons (Fsp3) is 0.455. The first-order valence-corrected chi connectivity index (χ1v) is 4.97. The van der Waals surface area contributed by atoms with Crippen molar-refractivity contribution < 1.29 is 10.2 Å². The van der Waals surface area contributed by atoms with E-state index in [1.165, 1.54) is 18.9 Å². The van der Waals surface area contributed by atoms with E-state index in [2.05, 4.69) is 5.32 Å². The average Bonchev–Trinajstić information content (AvgIpc) is 2.95. The third kappa shape index (κ3) is 2.39. The van der Waals surface area contributed by atoms with Crippen LogP contribution < -0.4 is 5.32 Å². The lowest BCUT2D eigenvalue weighted by Gasteiger charge is -2.05. The van der Waals surface area contributed by atoms with Crippen molar-refractivity contribution in [3.8, 4) is 11.5 Å². The first-order valence-electron chi connectivity index (χ1n) is 4.97. The first-order chi connectivity index (χ1) is 6.75. The van der Waals surface area contributed by atoms with Crippen LogP contribution in [0.2, 0.25) is 0 Å². The van der Waals surface area contributed by atoms with Crippen LogP contribution in [0, 0.1) is 5.92 Å². The molecule has 3 heteroatoms. The van der Waals surface area contributed by atoms with Gasteiger partial charge < -0.3 is 15.5 Å². The number of aromatic hydroxyl groups is 2. The Kier molecular flexibility index (Phi) is 2.59. The Morgan fingerprint density at radius 3 is 2.64 bits per heavy atom. The van der Waals surface area contributed by atoms with Crippen molar-refractivity contribution in [1.82, 2.24) is 5.32 Å². The molecule has 1 saturated carbocycles. The lowest BCUT2D eigenvalue weighted by Crippen LogP contribution is -2.15. The van der Waals surface area contributed by atoms with E-state index in [0.717, 1.165) is 24.6 Å². The maximum absolute atomic E-state index is 9.24. The molecule has 0 amide bonds. The molecule has 14 heavy (non-hydrogen) atoms. The van der Waals surface area contributed by atoms with Crippen molar-refractivity contribution in [2.45, 2.75) is 19.4 Å². The number of nitrogens with one attached hydrogen (secondary N) is 1. The summed E-state index contributed by atoms with van der Waals surface area (Å²) in [5.74, 6) is 0.757. The molecule has 1 aromatic carbocycles. The van der Waals surface area contributed by atoms with Gasteiger partial charge in [-0.3, -0.25) is 0 Å². The van der Waals surface area contributed by atoms with E-state index in [1.54, 1.807) is 6.07 Å². The van der Waals surface area contributed by atoms with Crippen molar-refractivity contribution in [1.29, 1.82) is 0 Å². The van der Waals surface area contributed by atoms with Gasteiger partial charge in [-0.2, -0.15) is 0 Å². The molecule has 1 aliphatic carbocycles. The predicted molar refractivity (Wildman–Crippen MR) is 54.2 cm³/mol. The molecule has 0 heterocycles. The van der Waals surface area contributed by atoms with Gasteiger partial charge in [0.25, 0.3) is 0 Å². The summed E-state index contributed by atoms with van der Waals surface area (Å²) < 4.78 is 0. The second kappa shape index (κ2) is 3.88. The average molecular weight is 193 g/mol. The molecule has 0 bridgehead atoms. The lowest BCUT2D eigenvalue weighted by molar-refractivity contribution is 0.403. The Hall–Kier alpha value is -1.22. The van der Waals surface area contributed by atoms with Gasteiger partial charge in [-0.1, -0.05) is 6.07 Å². The number of rotatable bonds is 4. The molecular formula is C11H15NO2. The third-order valence-electron chi connectivity index (χ3n) is 2.50. The van der Waals surface area contributed by atoms with Gasteiger partial charge in [-0.15, -0.1) is 0 Å². The molecular weight excluding hydrogens is 178 g/mol. The summed E-state index contributed by atoms with van der Waals surface area (Å²) in [7, 11) is 0. The predicted octanol–water partition coefficient (Wildman–Crippen LogP) is 1.60. The molecule has 0 aliphatic heterocycles. The summed E-state index contributed by atoms with van der Waals surface area (Å²) in [5.41, 5.74) is 1.00. The summed E-state index contributed by atoms with van der Waals surface area (Å²) in [6.45, 7) is 1.81. The molecule has 76 valence electrons. The van der Waals surface area contributed by atoms with Crippen LogP contribution in [-0.2, 0) is 6.54 Å². The van der Waals surface area contributed by atoms with Gasteiger partial charge in [0.05, 0.1) is 0 Å². The summed E-state index contributed by atoms with van der Waals surface area (Å²) in [5, 5.41) is 21.7. The molecule has 3 N–H and O–H groups in total.